The highest BCUT2D eigenvalue weighted by atomic mass is 127. The normalized spacial score (nSPS) is 10.4. The van der Waals surface area contributed by atoms with Crippen molar-refractivity contribution in [1.82, 2.24) is 9.97 Å². The molecule has 0 unspecified atom stereocenters. The van der Waals surface area contributed by atoms with Crippen LogP contribution in [0.5, 0.6) is 0 Å². The molecule has 3 nitrogen and oxygen atoms in total. The highest BCUT2D eigenvalue weighted by Crippen LogP contribution is 2.25. The quantitative estimate of drug-likeness (QED) is 0.773. The molecule has 2 aromatic rings. The molecule has 0 saturated heterocycles. The third-order valence-electron chi connectivity index (χ3n) is 2.41. The fourth-order valence-electron chi connectivity index (χ4n) is 1.41. The SMILES string of the molecule is CNc1nc(-c2ccc(C)c(Br)c2)ncc1I. The van der Waals surface area contributed by atoms with Gasteiger partial charge in [0.2, 0.25) is 0 Å². The summed E-state index contributed by atoms with van der Waals surface area (Å²) in [6.07, 6.45) is 1.82. The number of anilines is 1. The van der Waals surface area contributed by atoms with Crippen molar-refractivity contribution < 1.29 is 0 Å². The number of aromatic nitrogens is 2. The molecule has 1 aromatic carbocycles. The fourth-order valence-corrected chi connectivity index (χ4v) is 2.32. The summed E-state index contributed by atoms with van der Waals surface area (Å²) < 4.78 is 2.09. The van der Waals surface area contributed by atoms with Crippen LogP contribution in [-0.4, -0.2) is 17.0 Å². The number of hydrogen-bond acceptors (Lipinski definition) is 3. The van der Waals surface area contributed by atoms with Gasteiger partial charge in [-0.1, -0.05) is 28.1 Å². The highest BCUT2D eigenvalue weighted by Gasteiger charge is 2.06. The van der Waals surface area contributed by atoms with Gasteiger partial charge in [-0.05, 0) is 41.1 Å². The van der Waals surface area contributed by atoms with Crippen LogP contribution in [0.15, 0.2) is 28.9 Å². The minimum atomic E-state index is 0.732. The van der Waals surface area contributed by atoms with Crippen LogP contribution in [0.2, 0.25) is 0 Å². The summed E-state index contributed by atoms with van der Waals surface area (Å²) in [5.41, 5.74) is 2.21. The molecule has 0 aliphatic heterocycles. The van der Waals surface area contributed by atoms with Gasteiger partial charge in [0.15, 0.2) is 5.82 Å². The van der Waals surface area contributed by atoms with Crippen molar-refractivity contribution in [3.8, 4) is 11.4 Å². The Morgan fingerprint density at radius 2 is 2.12 bits per heavy atom. The predicted molar refractivity (Wildman–Crippen MR) is 82.2 cm³/mol. The van der Waals surface area contributed by atoms with Crippen LogP contribution in [0, 0.1) is 10.5 Å². The average Bonchev–Trinajstić information content (AvgIpc) is 2.33. The molecule has 5 heteroatoms. The van der Waals surface area contributed by atoms with Gasteiger partial charge in [-0.3, -0.25) is 0 Å². The van der Waals surface area contributed by atoms with Crippen molar-refractivity contribution in [3.05, 3.63) is 38.0 Å². The molecular formula is C12H11BrIN3. The summed E-state index contributed by atoms with van der Waals surface area (Å²) in [6, 6.07) is 6.12. The molecule has 0 aliphatic rings. The molecule has 0 bridgehead atoms. The Labute approximate surface area is 122 Å². The Morgan fingerprint density at radius 3 is 2.76 bits per heavy atom. The first-order valence-corrected chi connectivity index (χ1v) is 6.96. The first-order valence-electron chi connectivity index (χ1n) is 5.08. The average molecular weight is 404 g/mol. The van der Waals surface area contributed by atoms with Crippen LogP contribution in [0.3, 0.4) is 0 Å². The lowest BCUT2D eigenvalue weighted by atomic mass is 10.1. The third-order valence-corrected chi connectivity index (χ3v) is 4.05. The monoisotopic (exact) mass is 403 g/mol. The number of benzene rings is 1. The molecule has 17 heavy (non-hydrogen) atoms. The van der Waals surface area contributed by atoms with Gasteiger partial charge in [0, 0.05) is 23.3 Å². The first kappa shape index (κ1) is 12.8. The Morgan fingerprint density at radius 1 is 1.35 bits per heavy atom. The number of nitrogens with zero attached hydrogens (tertiary/aromatic N) is 2. The van der Waals surface area contributed by atoms with Crippen molar-refractivity contribution in [3.63, 3.8) is 0 Å². The van der Waals surface area contributed by atoms with E-state index in [1.54, 1.807) is 0 Å². The Balaban J connectivity index is 2.49. The van der Waals surface area contributed by atoms with E-state index >= 15 is 0 Å². The van der Waals surface area contributed by atoms with Gasteiger partial charge in [0.1, 0.15) is 5.82 Å². The number of hydrogen-bond donors (Lipinski definition) is 1. The number of rotatable bonds is 2. The van der Waals surface area contributed by atoms with Gasteiger partial charge < -0.3 is 5.32 Å². The van der Waals surface area contributed by atoms with Gasteiger partial charge in [-0.25, -0.2) is 9.97 Å². The van der Waals surface area contributed by atoms with Crippen molar-refractivity contribution in [2.24, 2.45) is 0 Å². The zero-order valence-corrected chi connectivity index (χ0v) is 13.2. The van der Waals surface area contributed by atoms with E-state index in [9.17, 15) is 0 Å². The smallest absolute Gasteiger partial charge is 0.161 e. The standard InChI is InChI=1S/C12H11BrIN3/c1-7-3-4-8(5-9(7)13)11-16-6-10(14)12(15-2)17-11/h3-6H,1-2H3,(H,15,16,17). The number of aryl methyl sites for hydroxylation is 1. The maximum atomic E-state index is 4.48. The van der Waals surface area contributed by atoms with E-state index in [2.05, 4.69) is 66.8 Å². The van der Waals surface area contributed by atoms with Crippen molar-refractivity contribution in [2.75, 3.05) is 12.4 Å². The van der Waals surface area contributed by atoms with E-state index in [4.69, 9.17) is 0 Å². The summed E-state index contributed by atoms with van der Waals surface area (Å²) in [5.74, 6) is 1.59. The van der Waals surface area contributed by atoms with Crippen molar-refractivity contribution in [2.45, 2.75) is 6.92 Å². The summed E-state index contributed by atoms with van der Waals surface area (Å²) in [5, 5.41) is 3.06. The second kappa shape index (κ2) is 5.30. The van der Waals surface area contributed by atoms with Crippen molar-refractivity contribution in [1.29, 1.82) is 0 Å². The molecule has 0 spiro atoms. The van der Waals surface area contributed by atoms with Gasteiger partial charge in [-0.2, -0.15) is 0 Å². The maximum Gasteiger partial charge on any atom is 0.161 e. The van der Waals surface area contributed by atoms with E-state index < -0.39 is 0 Å². The fraction of sp³-hybridized carbons (Fsp3) is 0.167. The molecule has 0 radical (unpaired) electrons. The third kappa shape index (κ3) is 2.77. The molecule has 0 aliphatic carbocycles. The summed E-state index contributed by atoms with van der Waals surface area (Å²) >= 11 is 5.73. The predicted octanol–water partition coefficient (Wildman–Crippen LogP) is 3.86. The molecule has 1 heterocycles. The van der Waals surface area contributed by atoms with Gasteiger partial charge in [0.25, 0.3) is 0 Å². The lowest BCUT2D eigenvalue weighted by Crippen LogP contribution is -1.99. The molecule has 1 N–H and O–H groups in total. The van der Waals surface area contributed by atoms with Gasteiger partial charge >= 0.3 is 0 Å². The Kier molecular flexibility index (Phi) is 3.98. The van der Waals surface area contributed by atoms with E-state index in [1.165, 1.54) is 5.56 Å². The molecule has 0 atom stereocenters. The largest absolute Gasteiger partial charge is 0.372 e. The number of nitrogens with one attached hydrogen (secondary N) is 1. The topological polar surface area (TPSA) is 37.8 Å². The second-order valence-corrected chi connectivity index (χ2v) is 5.62. The van der Waals surface area contributed by atoms with E-state index in [0.29, 0.717) is 0 Å². The molecule has 0 fully saturated rings. The summed E-state index contributed by atoms with van der Waals surface area (Å²) in [6.45, 7) is 2.06. The first-order chi connectivity index (χ1) is 8.11. The molecular weight excluding hydrogens is 393 g/mol. The summed E-state index contributed by atoms with van der Waals surface area (Å²) in [4.78, 5) is 8.83. The highest BCUT2D eigenvalue weighted by molar-refractivity contribution is 14.1. The van der Waals surface area contributed by atoms with Crippen LogP contribution in [0.25, 0.3) is 11.4 Å². The van der Waals surface area contributed by atoms with Crippen LogP contribution < -0.4 is 5.32 Å². The number of halogens is 2. The van der Waals surface area contributed by atoms with Gasteiger partial charge in [-0.15, -0.1) is 0 Å². The molecule has 88 valence electrons. The Hall–Kier alpha value is -0.690. The molecule has 1 aromatic heterocycles. The minimum absolute atomic E-state index is 0.732. The molecule has 0 saturated carbocycles. The van der Waals surface area contributed by atoms with Crippen LogP contribution in [0.1, 0.15) is 5.56 Å². The lowest BCUT2D eigenvalue weighted by molar-refractivity contribution is 1.15. The van der Waals surface area contributed by atoms with Crippen LogP contribution in [0.4, 0.5) is 5.82 Å². The lowest BCUT2D eigenvalue weighted by Gasteiger charge is -2.06. The minimum Gasteiger partial charge on any atom is -0.372 e. The van der Waals surface area contributed by atoms with E-state index in [1.807, 2.05) is 25.4 Å². The van der Waals surface area contributed by atoms with Crippen LogP contribution >= 0.6 is 38.5 Å². The van der Waals surface area contributed by atoms with Crippen molar-refractivity contribution >= 4 is 44.3 Å². The maximum absolute atomic E-state index is 4.48. The molecule has 0 amide bonds. The zero-order chi connectivity index (χ0) is 12.4. The van der Waals surface area contributed by atoms with E-state index in [0.717, 1.165) is 25.2 Å². The molecule has 2 rings (SSSR count). The Bertz CT molecular complexity index is 557. The zero-order valence-electron chi connectivity index (χ0n) is 9.46. The van der Waals surface area contributed by atoms with Gasteiger partial charge in [0.05, 0.1) is 3.57 Å². The summed E-state index contributed by atoms with van der Waals surface area (Å²) in [7, 11) is 1.86. The van der Waals surface area contributed by atoms with Crippen LogP contribution in [-0.2, 0) is 0 Å². The van der Waals surface area contributed by atoms with E-state index in [-0.39, 0.29) is 0 Å². The second-order valence-electron chi connectivity index (χ2n) is 3.60.